The fraction of sp³-hybridized carbons (Fsp3) is 0.714. The van der Waals surface area contributed by atoms with Crippen LogP contribution in [0.2, 0.25) is 0 Å². The van der Waals surface area contributed by atoms with E-state index in [-0.39, 0.29) is 11.6 Å². The first-order valence-corrected chi connectivity index (χ1v) is 10.7. The van der Waals surface area contributed by atoms with Crippen molar-refractivity contribution >= 4 is 11.7 Å². The Labute approximate surface area is 161 Å². The lowest BCUT2D eigenvalue weighted by atomic mass is 9.92. The molecular weight excluding hydrogens is 340 g/mol. The van der Waals surface area contributed by atoms with Crippen LogP contribution in [0.1, 0.15) is 44.9 Å². The maximum Gasteiger partial charge on any atom is 0.243 e. The highest BCUT2D eigenvalue weighted by atomic mass is 16.5. The van der Waals surface area contributed by atoms with E-state index in [4.69, 9.17) is 4.74 Å². The number of rotatable bonds is 4. The van der Waals surface area contributed by atoms with E-state index in [2.05, 4.69) is 19.7 Å². The highest BCUT2D eigenvalue weighted by Gasteiger charge is 2.52. The van der Waals surface area contributed by atoms with Gasteiger partial charge in [-0.15, -0.1) is 0 Å². The van der Waals surface area contributed by atoms with E-state index in [0.29, 0.717) is 12.5 Å². The number of hydrogen-bond acceptors (Lipinski definition) is 5. The summed E-state index contributed by atoms with van der Waals surface area (Å²) in [4.78, 5) is 24.7. The van der Waals surface area contributed by atoms with Crippen molar-refractivity contribution in [1.82, 2.24) is 14.8 Å². The molecule has 146 valence electrons. The van der Waals surface area contributed by atoms with Gasteiger partial charge in [-0.05, 0) is 63.7 Å². The minimum absolute atomic E-state index is 0.0761. The SMILES string of the molecule is O=C(N1CCC(Oc2cccnc2N2CCCC2)C1)C12CCCN1CCC2. The number of nitrogens with zero attached hydrogens (tertiary/aromatic N) is 4. The van der Waals surface area contributed by atoms with Gasteiger partial charge < -0.3 is 14.5 Å². The second kappa shape index (κ2) is 6.97. The van der Waals surface area contributed by atoms with E-state index in [1.54, 1.807) is 0 Å². The maximum atomic E-state index is 13.3. The number of carbonyl (C=O) groups excluding carboxylic acids is 1. The summed E-state index contributed by atoms with van der Waals surface area (Å²) < 4.78 is 6.36. The Morgan fingerprint density at radius 3 is 2.63 bits per heavy atom. The van der Waals surface area contributed by atoms with Crippen molar-refractivity contribution in [3.05, 3.63) is 18.3 Å². The molecular formula is C21H30N4O2. The summed E-state index contributed by atoms with van der Waals surface area (Å²) in [5.74, 6) is 2.20. The van der Waals surface area contributed by atoms with Crippen LogP contribution >= 0.6 is 0 Å². The predicted octanol–water partition coefficient (Wildman–Crippen LogP) is 2.29. The number of amides is 1. The lowest BCUT2D eigenvalue weighted by Gasteiger charge is -2.34. The minimum atomic E-state index is -0.191. The number of pyridine rings is 1. The van der Waals surface area contributed by atoms with Gasteiger partial charge in [0.15, 0.2) is 11.6 Å². The Balaban J connectivity index is 1.26. The van der Waals surface area contributed by atoms with Crippen LogP contribution in [0, 0.1) is 0 Å². The highest BCUT2D eigenvalue weighted by Crippen LogP contribution is 2.41. The van der Waals surface area contributed by atoms with Crippen molar-refractivity contribution in [2.24, 2.45) is 0 Å². The Hall–Kier alpha value is -1.82. The Bertz CT molecular complexity index is 693. The molecule has 0 bridgehead atoms. The van der Waals surface area contributed by atoms with Gasteiger partial charge in [0.05, 0.1) is 6.54 Å². The molecule has 0 saturated carbocycles. The average Bonchev–Trinajstić information content (AvgIpc) is 3.45. The number of likely N-dealkylation sites (tertiary alicyclic amines) is 1. The molecule has 4 aliphatic heterocycles. The van der Waals surface area contributed by atoms with Crippen LogP contribution in [0.15, 0.2) is 18.3 Å². The van der Waals surface area contributed by atoms with Crippen LogP contribution < -0.4 is 9.64 Å². The van der Waals surface area contributed by atoms with Gasteiger partial charge in [0.1, 0.15) is 11.6 Å². The molecule has 1 aromatic heterocycles. The molecule has 4 saturated heterocycles. The molecule has 0 radical (unpaired) electrons. The van der Waals surface area contributed by atoms with Crippen LogP contribution in [0.3, 0.4) is 0 Å². The van der Waals surface area contributed by atoms with Gasteiger partial charge in [-0.25, -0.2) is 4.98 Å². The zero-order valence-electron chi connectivity index (χ0n) is 16.1. The minimum Gasteiger partial charge on any atom is -0.485 e. The second-order valence-corrected chi connectivity index (χ2v) is 8.52. The molecule has 0 aromatic carbocycles. The fourth-order valence-corrected chi connectivity index (χ4v) is 5.58. The van der Waals surface area contributed by atoms with E-state index >= 15 is 0 Å². The largest absolute Gasteiger partial charge is 0.485 e. The predicted molar refractivity (Wildman–Crippen MR) is 104 cm³/mol. The Kier molecular flexibility index (Phi) is 4.46. The van der Waals surface area contributed by atoms with Crippen molar-refractivity contribution in [1.29, 1.82) is 0 Å². The van der Waals surface area contributed by atoms with Crippen molar-refractivity contribution in [3.8, 4) is 5.75 Å². The summed E-state index contributed by atoms with van der Waals surface area (Å²) in [6, 6.07) is 3.97. The molecule has 0 spiro atoms. The van der Waals surface area contributed by atoms with Crippen LogP contribution in [0.25, 0.3) is 0 Å². The number of fused-ring (bicyclic) bond motifs is 1. The maximum absolute atomic E-state index is 13.3. The molecule has 6 heteroatoms. The monoisotopic (exact) mass is 370 g/mol. The van der Waals surface area contributed by atoms with Gasteiger partial charge in [-0.3, -0.25) is 9.69 Å². The summed E-state index contributed by atoms with van der Waals surface area (Å²) in [6.07, 6.45) is 9.68. The van der Waals surface area contributed by atoms with Crippen LogP contribution in [0.4, 0.5) is 5.82 Å². The number of hydrogen-bond donors (Lipinski definition) is 0. The van der Waals surface area contributed by atoms with Crippen molar-refractivity contribution in [2.75, 3.05) is 44.2 Å². The third-order valence-corrected chi connectivity index (χ3v) is 6.92. The van der Waals surface area contributed by atoms with E-state index in [1.165, 1.54) is 12.8 Å². The van der Waals surface area contributed by atoms with Gasteiger partial charge in [0.25, 0.3) is 0 Å². The summed E-state index contributed by atoms with van der Waals surface area (Å²) in [6.45, 7) is 5.83. The first-order valence-electron chi connectivity index (χ1n) is 10.7. The van der Waals surface area contributed by atoms with E-state index < -0.39 is 0 Å². The third kappa shape index (κ3) is 2.98. The lowest BCUT2D eigenvalue weighted by molar-refractivity contribution is -0.140. The van der Waals surface area contributed by atoms with Crippen LogP contribution in [0.5, 0.6) is 5.75 Å². The quantitative estimate of drug-likeness (QED) is 0.814. The lowest BCUT2D eigenvalue weighted by Crippen LogP contribution is -2.53. The Morgan fingerprint density at radius 2 is 1.85 bits per heavy atom. The molecule has 0 N–H and O–H groups in total. The summed E-state index contributed by atoms with van der Waals surface area (Å²) in [7, 11) is 0. The summed E-state index contributed by atoms with van der Waals surface area (Å²) in [5.41, 5.74) is -0.191. The van der Waals surface area contributed by atoms with Crippen molar-refractivity contribution in [2.45, 2.75) is 56.6 Å². The standard InChI is InChI=1S/C21H30N4O2/c26-20(21-8-4-13-25(21)14-5-9-21)24-15-7-17(16-24)27-18-6-3-10-22-19(18)23-11-1-2-12-23/h3,6,10,17H,1-2,4-5,7-9,11-16H2. The first-order chi connectivity index (χ1) is 13.3. The molecule has 1 atom stereocenters. The van der Waals surface area contributed by atoms with Gasteiger partial charge in [0.2, 0.25) is 5.91 Å². The van der Waals surface area contributed by atoms with E-state index in [1.807, 2.05) is 18.3 Å². The number of anilines is 1. The number of aromatic nitrogens is 1. The molecule has 1 amide bonds. The smallest absolute Gasteiger partial charge is 0.243 e. The fourth-order valence-electron chi connectivity index (χ4n) is 5.58. The Morgan fingerprint density at radius 1 is 1.07 bits per heavy atom. The van der Waals surface area contributed by atoms with E-state index in [9.17, 15) is 4.79 Å². The number of ether oxygens (including phenoxy) is 1. The van der Waals surface area contributed by atoms with E-state index in [0.717, 1.165) is 76.4 Å². The highest BCUT2D eigenvalue weighted by molar-refractivity contribution is 5.87. The molecule has 5 heterocycles. The second-order valence-electron chi connectivity index (χ2n) is 8.52. The molecule has 6 nitrogen and oxygen atoms in total. The average molecular weight is 370 g/mol. The van der Waals surface area contributed by atoms with Crippen molar-refractivity contribution in [3.63, 3.8) is 0 Å². The number of carbonyl (C=O) groups is 1. The summed E-state index contributed by atoms with van der Waals surface area (Å²) >= 11 is 0. The molecule has 1 unspecified atom stereocenters. The molecule has 4 fully saturated rings. The molecule has 1 aromatic rings. The molecule has 0 aliphatic carbocycles. The van der Waals surface area contributed by atoms with Crippen molar-refractivity contribution < 1.29 is 9.53 Å². The summed E-state index contributed by atoms with van der Waals surface area (Å²) in [5, 5.41) is 0. The molecule has 5 rings (SSSR count). The molecule has 4 aliphatic rings. The molecule has 27 heavy (non-hydrogen) atoms. The van der Waals surface area contributed by atoms with Gasteiger partial charge >= 0.3 is 0 Å². The van der Waals surface area contributed by atoms with Gasteiger partial charge in [0, 0.05) is 32.3 Å². The third-order valence-electron chi connectivity index (χ3n) is 6.92. The topological polar surface area (TPSA) is 48.9 Å². The zero-order valence-corrected chi connectivity index (χ0v) is 16.1. The van der Waals surface area contributed by atoms with Crippen LogP contribution in [-0.4, -0.2) is 71.6 Å². The van der Waals surface area contributed by atoms with Gasteiger partial charge in [-0.1, -0.05) is 0 Å². The first kappa shape index (κ1) is 17.3. The van der Waals surface area contributed by atoms with Crippen LogP contribution in [-0.2, 0) is 4.79 Å². The van der Waals surface area contributed by atoms with Gasteiger partial charge in [-0.2, -0.15) is 0 Å². The zero-order chi connectivity index (χ0) is 18.3. The normalized spacial score (nSPS) is 27.3.